The number of carbonyl (C=O) groups is 1. The summed E-state index contributed by atoms with van der Waals surface area (Å²) in [6.45, 7) is -0.0988. The van der Waals surface area contributed by atoms with Gasteiger partial charge in [0.15, 0.2) is 6.61 Å². The molecule has 1 amide bonds. The normalized spacial score (nSPS) is 13.7. The molecular formula is C14H10Cl2N2O4S. The van der Waals surface area contributed by atoms with Crippen molar-refractivity contribution in [1.82, 2.24) is 0 Å². The molecule has 3 rings (SSSR count). The van der Waals surface area contributed by atoms with Crippen LogP contribution in [0.15, 0.2) is 41.3 Å². The highest BCUT2D eigenvalue weighted by Gasteiger charge is 2.21. The van der Waals surface area contributed by atoms with Crippen LogP contribution in [0.4, 0.5) is 11.4 Å². The van der Waals surface area contributed by atoms with Crippen molar-refractivity contribution in [2.24, 2.45) is 0 Å². The number of benzene rings is 2. The number of hydrogen-bond acceptors (Lipinski definition) is 4. The Morgan fingerprint density at radius 1 is 1.09 bits per heavy atom. The third-order valence-corrected chi connectivity index (χ3v) is 4.82. The van der Waals surface area contributed by atoms with Gasteiger partial charge in [-0.25, -0.2) is 8.42 Å². The summed E-state index contributed by atoms with van der Waals surface area (Å²) in [5, 5.41) is 3.17. The van der Waals surface area contributed by atoms with Crippen LogP contribution in [-0.2, 0) is 14.8 Å². The molecule has 0 fully saturated rings. The van der Waals surface area contributed by atoms with Crippen LogP contribution in [0, 0.1) is 0 Å². The van der Waals surface area contributed by atoms with E-state index < -0.39 is 10.0 Å². The second kappa shape index (κ2) is 5.92. The number of ether oxygens (including phenoxy) is 1. The minimum absolute atomic E-state index is 0.0295. The summed E-state index contributed by atoms with van der Waals surface area (Å²) >= 11 is 11.7. The maximum Gasteiger partial charge on any atom is 0.262 e. The minimum Gasteiger partial charge on any atom is -0.482 e. The first-order valence-electron chi connectivity index (χ1n) is 6.39. The molecule has 0 radical (unpaired) electrons. The number of hydrogen-bond donors (Lipinski definition) is 2. The van der Waals surface area contributed by atoms with Crippen molar-refractivity contribution < 1.29 is 17.9 Å². The van der Waals surface area contributed by atoms with Crippen molar-refractivity contribution in [2.45, 2.75) is 4.90 Å². The highest BCUT2D eigenvalue weighted by Crippen LogP contribution is 2.31. The van der Waals surface area contributed by atoms with E-state index in [0.717, 1.165) is 0 Å². The predicted octanol–water partition coefficient (Wildman–Crippen LogP) is 3.13. The summed E-state index contributed by atoms with van der Waals surface area (Å²) < 4.78 is 32.5. The molecule has 0 aliphatic carbocycles. The maximum absolute atomic E-state index is 12.4. The van der Waals surface area contributed by atoms with Crippen LogP contribution in [0.5, 0.6) is 5.75 Å². The Balaban J connectivity index is 1.93. The molecule has 0 unspecified atom stereocenters. The van der Waals surface area contributed by atoms with Gasteiger partial charge < -0.3 is 10.1 Å². The Morgan fingerprint density at radius 2 is 1.78 bits per heavy atom. The molecule has 0 bridgehead atoms. The number of carbonyl (C=O) groups excluding carboxylic acids is 1. The number of amides is 1. The molecule has 23 heavy (non-hydrogen) atoms. The van der Waals surface area contributed by atoms with E-state index in [9.17, 15) is 13.2 Å². The Bertz CT molecular complexity index is 879. The topological polar surface area (TPSA) is 84.5 Å². The van der Waals surface area contributed by atoms with E-state index in [1.165, 1.54) is 36.4 Å². The SMILES string of the molecule is O=C1COc2ccc(S(=O)(=O)Nc3cc(Cl)cc(Cl)c3)cc2N1. The van der Waals surface area contributed by atoms with E-state index in [-0.39, 0.29) is 23.1 Å². The van der Waals surface area contributed by atoms with Gasteiger partial charge in [-0.15, -0.1) is 0 Å². The highest BCUT2D eigenvalue weighted by atomic mass is 35.5. The first-order chi connectivity index (χ1) is 10.8. The Hall–Kier alpha value is -1.96. The first kappa shape index (κ1) is 15.9. The van der Waals surface area contributed by atoms with Gasteiger partial charge in [0.05, 0.1) is 16.3 Å². The number of sulfonamides is 1. The minimum atomic E-state index is -3.87. The molecule has 1 heterocycles. The van der Waals surface area contributed by atoms with Gasteiger partial charge in [0, 0.05) is 10.0 Å². The summed E-state index contributed by atoms with van der Waals surface area (Å²) in [5.41, 5.74) is 0.536. The molecule has 2 N–H and O–H groups in total. The monoisotopic (exact) mass is 372 g/mol. The fourth-order valence-corrected chi connectivity index (χ4v) is 3.65. The van der Waals surface area contributed by atoms with Gasteiger partial charge in [-0.1, -0.05) is 23.2 Å². The average molecular weight is 373 g/mol. The number of halogens is 2. The van der Waals surface area contributed by atoms with Gasteiger partial charge in [-0.2, -0.15) is 0 Å². The molecule has 1 aliphatic rings. The Morgan fingerprint density at radius 3 is 2.48 bits per heavy atom. The second-order valence-corrected chi connectivity index (χ2v) is 7.31. The van der Waals surface area contributed by atoms with E-state index >= 15 is 0 Å². The molecule has 1 aliphatic heterocycles. The molecule has 2 aromatic carbocycles. The summed E-state index contributed by atoms with van der Waals surface area (Å²) in [6.07, 6.45) is 0. The lowest BCUT2D eigenvalue weighted by molar-refractivity contribution is -0.118. The molecule has 0 saturated heterocycles. The van der Waals surface area contributed by atoms with Crippen molar-refractivity contribution >= 4 is 50.5 Å². The molecule has 6 nitrogen and oxygen atoms in total. The van der Waals surface area contributed by atoms with Crippen LogP contribution in [-0.4, -0.2) is 20.9 Å². The second-order valence-electron chi connectivity index (χ2n) is 4.76. The van der Waals surface area contributed by atoms with Crippen LogP contribution in [0.3, 0.4) is 0 Å². The van der Waals surface area contributed by atoms with Gasteiger partial charge in [-0.05, 0) is 36.4 Å². The summed E-state index contributed by atoms with van der Waals surface area (Å²) in [6, 6.07) is 8.55. The van der Waals surface area contributed by atoms with Crippen LogP contribution < -0.4 is 14.8 Å². The van der Waals surface area contributed by atoms with Crippen LogP contribution in [0.2, 0.25) is 10.0 Å². The average Bonchev–Trinajstić information content (AvgIpc) is 2.44. The zero-order valence-corrected chi connectivity index (χ0v) is 13.8. The molecule has 0 saturated carbocycles. The van der Waals surface area contributed by atoms with Crippen LogP contribution in [0.25, 0.3) is 0 Å². The lowest BCUT2D eigenvalue weighted by Crippen LogP contribution is -2.25. The number of nitrogens with one attached hydrogen (secondary N) is 2. The lowest BCUT2D eigenvalue weighted by atomic mass is 10.2. The van der Waals surface area contributed by atoms with E-state index in [1.54, 1.807) is 0 Å². The van der Waals surface area contributed by atoms with Gasteiger partial charge in [0.1, 0.15) is 5.75 Å². The van der Waals surface area contributed by atoms with Crippen molar-refractivity contribution in [2.75, 3.05) is 16.6 Å². The number of anilines is 2. The maximum atomic E-state index is 12.4. The zero-order chi connectivity index (χ0) is 16.6. The molecule has 120 valence electrons. The van der Waals surface area contributed by atoms with E-state index in [1.807, 2.05) is 0 Å². The van der Waals surface area contributed by atoms with Crippen molar-refractivity contribution in [1.29, 1.82) is 0 Å². The summed E-state index contributed by atoms with van der Waals surface area (Å²) in [5.74, 6) is 0.0657. The molecule has 2 aromatic rings. The molecule has 9 heteroatoms. The van der Waals surface area contributed by atoms with E-state index in [2.05, 4.69) is 10.0 Å². The van der Waals surface area contributed by atoms with Crippen molar-refractivity contribution in [3.05, 3.63) is 46.4 Å². The molecular weight excluding hydrogens is 363 g/mol. The Labute approximate surface area is 142 Å². The van der Waals surface area contributed by atoms with Gasteiger partial charge in [0.2, 0.25) is 0 Å². The third kappa shape index (κ3) is 3.52. The quantitative estimate of drug-likeness (QED) is 0.866. The smallest absolute Gasteiger partial charge is 0.262 e. The first-order valence-corrected chi connectivity index (χ1v) is 8.63. The van der Waals surface area contributed by atoms with Crippen molar-refractivity contribution in [3.8, 4) is 5.75 Å². The van der Waals surface area contributed by atoms with E-state index in [4.69, 9.17) is 27.9 Å². The third-order valence-electron chi connectivity index (χ3n) is 3.01. The fraction of sp³-hybridized carbons (Fsp3) is 0.0714. The molecule has 0 atom stereocenters. The highest BCUT2D eigenvalue weighted by molar-refractivity contribution is 7.92. The summed E-state index contributed by atoms with van der Waals surface area (Å²) in [7, 11) is -3.87. The van der Waals surface area contributed by atoms with Gasteiger partial charge in [-0.3, -0.25) is 9.52 Å². The molecule has 0 aromatic heterocycles. The fourth-order valence-electron chi connectivity index (χ4n) is 2.06. The van der Waals surface area contributed by atoms with Crippen molar-refractivity contribution in [3.63, 3.8) is 0 Å². The Kier molecular flexibility index (Phi) is 4.09. The largest absolute Gasteiger partial charge is 0.482 e. The zero-order valence-electron chi connectivity index (χ0n) is 11.5. The lowest BCUT2D eigenvalue weighted by Gasteiger charge is -2.18. The van der Waals surface area contributed by atoms with Crippen LogP contribution in [0.1, 0.15) is 0 Å². The molecule has 0 spiro atoms. The van der Waals surface area contributed by atoms with E-state index in [0.29, 0.717) is 21.5 Å². The summed E-state index contributed by atoms with van der Waals surface area (Å²) in [4.78, 5) is 11.3. The van der Waals surface area contributed by atoms with Gasteiger partial charge in [0.25, 0.3) is 15.9 Å². The van der Waals surface area contributed by atoms with Gasteiger partial charge >= 0.3 is 0 Å². The van der Waals surface area contributed by atoms with Crippen LogP contribution >= 0.6 is 23.2 Å². The number of rotatable bonds is 3. The number of fused-ring (bicyclic) bond motifs is 1. The standard InChI is InChI=1S/C14H10Cl2N2O4S/c15-8-3-9(16)5-10(4-8)18-23(20,21)11-1-2-13-12(6-11)17-14(19)7-22-13/h1-6,18H,7H2,(H,17,19). The predicted molar refractivity (Wildman–Crippen MR) is 87.8 cm³/mol.